The molecule has 1 unspecified atom stereocenters. The standard InChI is InChI=1S/C9H13N2O7PS2/c12-3-4-6(14)7(18-19(16,20)21)8(17-4)11-2-1-5(13)10-9(11)15/h1-2,4,6-8,12,14H,3H2,(H,10,13,15)(H2,16,20,21)/t4-,6-,7-,8-/m1/s1. The molecule has 2 heterocycles. The number of aliphatic hydroxyl groups is 2. The van der Waals surface area contributed by atoms with Gasteiger partial charge >= 0.3 is 5.69 Å². The Labute approximate surface area is 128 Å². The van der Waals surface area contributed by atoms with Crippen LogP contribution in [0.5, 0.6) is 0 Å². The number of hydrogen-bond donors (Lipinski definition) is 5. The Morgan fingerprint density at radius 3 is 2.76 bits per heavy atom. The maximum atomic E-state index is 11.8. The molecule has 0 bridgehead atoms. The second kappa shape index (κ2) is 6.31. The van der Waals surface area contributed by atoms with E-state index in [0.29, 0.717) is 0 Å². The van der Waals surface area contributed by atoms with Gasteiger partial charge in [-0.2, -0.15) is 0 Å². The highest BCUT2D eigenvalue weighted by Gasteiger charge is 2.47. The minimum atomic E-state index is -3.45. The zero-order valence-electron chi connectivity index (χ0n) is 10.4. The third kappa shape index (κ3) is 3.82. The van der Waals surface area contributed by atoms with Crippen LogP contribution in [0.25, 0.3) is 0 Å². The van der Waals surface area contributed by atoms with Crippen LogP contribution in [0.15, 0.2) is 21.9 Å². The summed E-state index contributed by atoms with van der Waals surface area (Å²) in [5.41, 5.74) is -4.85. The number of hydrogen-bond acceptors (Lipinski definition) is 7. The van der Waals surface area contributed by atoms with Crippen LogP contribution in [0.1, 0.15) is 6.23 Å². The molecule has 1 aromatic rings. The monoisotopic (exact) mass is 356 g/mol. The molecule has 4 N–H and O–H groups in total. The van der Waals surface area contributed by atoms with Crippen LogP contribution in [0, 0.1) is 0 Å². The SMILES string of the molecule is O=c1ccn([C@@H]2O[C@H](CO)[C@@H](O)[C@H]2OP(O)(=S)S)c(=O)[nH]1. The van der Waals surface area contributed by atoms with Gasteiger partial charge in [-0.05, 0) is 11.8 Å². The van der Waals surface area contributed by atoms with E-state index in [4.69, 9.17) is 14.4 Å². The number of aromatic amines is 1. The average molecular weight is 356 g/mol. The molecular formula is C9H13N2O7PS2. The molecule has 5 atom stereocenters. The molecular weight excluding hydrogens is 343 g/mol. The van der Waals surface area contributed by atoms with Gasteiger partial charge in [0.05, 0.1) is 6.61 Å². The molecule has 1 saturated heterocycles. The third-order valence-corrected chi connectivity index (χ3v) is 3.94. The van der Waals surface area contributed by atoms with E-state index in [0.717, 1.165) is 16.8 Å². The fourth-order valence-corrected chi connectivity index (χ4v) is 3.16. The van der Waals surface area contributed by atoms with Gasteiger partial charge in [-0.3, -0.25) is 14.3 Å². The molecule has 0 radical (unpaired) electrons. The van der Waals surface area contributed by atoms with E-state index in [1.165, 1.54) is 0 Å². The molecule has 1 fully saturated rings. The molecule has 0 saturated carbocycles. The zero-order chi connectivity index (χ0) is 15.8. The van der Waals surface area contributed by atoms with E-state index < -0.39 is 48.1 Å². The molecule has 1 aliphatic heterocycles. The summed E-state index contributed by atoms with van der Waals surface area (Å²) in [7, 11) is 0. The maximum Gasteiger partial charge on any atom is 0.330 e. The van der Waals surface area contributed by atoms with Crippen molar-refractivity contribution in [3.05, 3.63) is 33.1 Å². The van der Waals surface area contributed by atoms with Gasteiger partial charge in [-0.15, -0.1) is 0 Å². The lowest BCUT2D eigenvalue weighted by Gasteiger charge is -2.24. The van der Waals surface area contributed by atoms with Gasteiger partial charge in [0, 0.05) is 12.3 Å². The number of nitrogens with zero attached hydrogens (tertiary/aromatic N) is 1. The molecule has 0 aliphatic carbocycles. The summed E-state index contributed by atoms with van der Waals surface area (Å²) >= 11 is 8.35. The number of aliphatic hydroxyl groups excluding tert-OH is 2. The normalized spacial score (nSPS) is 32.0. The summed E-state index contributed by atoms with van der Waals surface area (Å²) < 4.78 is 11.4. The van der Waals surface area contributed by atoms with E-state index >= 15 is 0 Å². The zero-order valence-corrected chi connectivity index (χ0v) is 13.0. The molecule has 118 valence electrons. The summed E-state index contributed by atoms with van der Waals surface area (Å²) in [5.74, 6) is 0. The molecule has 0 amide bonds. The van der Waals surface area contributed by atoms with Crippen molar-refractivity contribution in [3.63, 3.8) is 0 Å². The molecule has 12 heteroatoms. The Morgan fingerprint density at radius 2 is 2.24 bits per heavy atom. The van der Waals surface area contributed by atoms with Crippen molar-refractivity contribution < 1.29 is 24.4 Å². The van der Waals surface area contributed by atoms with Gasteiger partial charge in [-0.25, -0.2) is 4.79 Å². The van der Waals surface area contributed by atoms with Gasteiger partial charge in [-0.1, -0.05) is 12.2 Å². The highest BCUT2D eigenvalue weighted by molar-refractivity contribution is 8.59. The van der Waals surface area contributed by atoms with E-state index in [9.17, 15) is 19.6 Å². The smallest absolute Gasteiger partial charge is 0.330 e. The van der Waals surface area contributed by atoms with Crippen LogP contribution in [0.2, 0.25) is 0 Å². The Hall–Kier alpha value is -0.520. The minimum absolute atomic E-state index is 0.531. The number of nitrogens with one attached hydrogen (secondary N) is 1. The van der Waals surface area contributed by atoms with Crippen molar-refractivity contribution in [3.8, 4) is 0 Å². The first-order chi connectivity index (χ1) is 9.73. The van der Waals surface area contributed by atoms with Gasteiger partial charge in [0.1, 0.15) is 18.3 Å². The van der Waals surface area contributed by atoms with Crippen LogP contribution in [-0.2, 0) is 21.1 Å². The van der Waals surface area contributed by atoms with Crippen molar-refractivity contribution in [2.75, 3.05) is 6.61 Å². The van der Waals surface area contributed by atoms with Gasteiger partial charge in [0.15, 0.2) is 6.23 Å². The van der Waals surface area contributed by atoms with Crippen molar-refractivity contribution in [2.45, 2.75) is 24.5 Å². The van der Waals surface area contributed by atoms with Crippen molar-refractivity contribution >= 4 is 29.7 Å². The number of H-pyrrole nitrogens is 1. The largest absolute Gasteiger partial charge is 0.394 e. The molecule has 1 aromatic heterocycles. The van der Waals surface area contributed by atoms with E-state index in [2.05, 4.69) is 24.1 Å². The quantitative estimate of drug-likeness (QED) is 0.319. The van der Waals surface area contributed by atoms with E-state index in [-0.39, 0.29) is 0 Å². The maximum absolute atomic E-state index is 11.8. The Morgan fingerprint density at radius 1 is 1.57 bits per heavy atom. The van der Waals surface area contributed by atoms with Crippen molar-refractivity contribution in [2.24, 2.45) is 0 Å². The molecule has 21 heavy (non-hydrogen) atoms. The number of thiol groups is 1. The fraction of sp³-hybridized carbons (Fsp3) is 0.556. The summed E-state index contributed by atoms with van der Waals surface area (Å²) in [6.07, 6.45) is -3.62. The Balaban J connectivity index is 2.41. The first kappa shape index (κ1) is 16.8. The third-order valence-electron chi connectivity index (χ3n) is 2.88. The van der Waals surface area contributed by atoms with Crippen molar-refractivity contribution in [1.82, 2.24) is 9.55 Å². The summed E-state index contributed by atoms with van der Waals surface area (Å²) in [6.45, 7) is -0.531. The lowest BCUT2D eigenvalue weighted by atomic mass is 10.1. The topological polar surface area (TPSA) is 134 Å². The first-order valence-corrected chi connectivity index (χ1v) is 9.55. The number of aromatic nitrogens is 2. The van der Waals surface area contributed by atoms with Crippen LogP contribution in [0.3, 0.4) is 0 Å². The number of rotatable bonds is 4. The van der Waals surface area contributed by atoms with Gasteiger partial charge in [0.2, 0.25) is 5.69 Å². The lowest BCUT2D eigenvalue weighted by Crippen LogP contribution is -2.38. The molecule has 0 spiro atoms. The summed E-state index contributed by atoms with van der Waals surface area (Å²) in [5, 5.41) is 19.2. The van der Waals surface area contributed by atoms with Gasteiger partial charge in [0.25, 0.3) is 5.56 Å². The number of ether oxygens (including phenoxy) is 1. The molecule has 2 rings (SSSR count). The summed E-state index contributed by atoms with van der Waals surface area (Å²) in [6, 6.07) is 1.08. The van der Waals surface area contributed by atoms with Crippen LogP contribution < -0.4 is 11.2 Å². The minimum Gasteiger partial charge on any atom is -0.394 e. The fourth-order valence-electron chi connectivity index (χ4n) is 1.99. The highest BCUT2D eigenvalue weighted by atomic mass is 32.9. The predicted molar refractivity (Wildman–Crippen MR) is 78.7 cm³/mol. The second-order valence-electron chi connectivity index (χ2n) is 4.32. The first-order valence-electron chi connectivity index (χ1n) is 5.73. The molecule has 9 nitrogen and oxygen atoms in total. The molecule has 0 aromatic carbocycles. The second-order valence-corrected chi connectivity index (χ2v) is 9.43. The van der Waals surface area contributed by atoms with Crippen LogP contribution in [-0.4, -0.2) is 49.6 Å². The lowest BCUT2D eigenvalue weighted by molar-refractivity contribution is -0.0520. The van der Waals surface area contributed by atoms with Gasteiger partial charge < -0.3 is 24.4 Å². The average Bonchev–Trinajstić information content (AvgIpc) is 2.65. The van der Waals surface area contributed by atoms with E-state index in [1.807, 2.05) is 4.98 Å². The van der Waals surface area contributed by atoms with E-state index in [1.54, 1.807) is 0 Å². The Bertz CT molecular complexity index is 671. The van der Waals surface area contributed by atoms with Crippen LogP contribution in [0.4, 0.5) is 0 Å². The molecule has 1 aliphatic rings. The predicted octanol–water partition coefficient (Wildman–Crippen LogP) is -1.68. The van der Waals surface area contributed by atoms with Crippen LogP contribution >= 0.6 is 17.9 Å². The van der Waals surface area contributed by atoms with Crippen molar-refractivity contribution in [1.29, 1.82) is 0 Å². The summed E-state index contributed by atoms with van der Waals surface area (Å²) in [4.78, 5) is 34.4. The highest BCUT2D eigenvalue weighted by Crippen LogP contribution is 2.51. The Kier molecular flexibility index (Phi) is 5.06.